The Morgan fingerprint density at radius 1 is 0.391 bits per heavy atom. The number of nitrogens with one attached hydrogen (secondary N) is 4. The van der Waals surface area contributed by atoms with Crippen molar-refractivity contribution in [3.63, 3.8) is 0 Å². The number of hydrogen-bond donors (Lipinski definition) is 4. The molecule has 0 fully saturated rings. The fourth-order valence-electron chi connectivity index (χ4n) is 6.63. The van der Waals surface area contributed by atoms with Crippen molar-refractivity contribution in [1.29, 1.82) is 0 Å². The maximum atomic E-state index is 13.3. The number of anilines is 4. The molecular weight excluding hydrogens is 853 g/mol. The third kappa shape index (κ3) is 10.2. The normalized spacial score (nSPS) is 11.4. The van der Waals surface area contributed by atoms with Crippen LogP contribution in [0.1, 0.15) is 31.8 Å². The van der Waals surface area contributed by atoms with Crippen molar-refractivity contribution in [1.82, 2.24) is 0 Å². The zero-order valence-corrected chi connectivity index (χ0v) is 35.8. The van der Waals surface area contributed by atoms with Gasteiger partial charge < -0.3 is 29.6 Å². The van der Waals surface area contributed by atoms with E-state index in [1.54, 1.807) is 133 Å². The molecule has 0 aliphatic carbocycles. The van der Waals surface area contributed by atoms with Crippen molar-refractivity contribution in [2.24, 2.45) is 0 Å². The fourth-order valence-corrected chi connectivity index (χ4v) is 8.58. The SMILES string of the molecule is Cc1ccc(OS(=O)(=O)c2cccc(NC(=O)c3ccc4ccc(NC(=O)Nc5ccc6ccc(C(=O)Nc7cccc(S(=O)(=O)Oc8ccc(C)cc8)c7)cc6c5)cc4c3)c2)cc1. The molecule has 0 atom stereocenters. The Morgan fingerprint density at radius 3 is 1.17 bits per heavy atom. The minimum absolute atomic E-state index is 0.128. The summed E-state index contributed by atoms with van der Waals surface area (Å²) in [6, 6.07) is 44.8. The van der Waals surface area contributed by atoms with Crippen LogP contribution in [0.5, 0.6) is 11.5 Å². The average Bonchev–Trinajstić information content (AvgIpc) is 3.27. The number of amides is 4. The topological polar surface area (TPSA) is 186 Å². The Labute approximate surface area is 368 Å². The van der Waals surface area contributed by atoms with Crippen LogP contribution in [0.4, 0.5) is 27.5 Å². The third-order valence-electron chi connectivity index (χ3n) is 9.94. The molecule has 0 aliphatic heterocycles. The lowest BCUT2D eigenvalue weighted by molar-refractivity contribution is 0.101. The summed E-state index contributed by atoms with van der Waals surface area (Å²) in [6.45, 7) is 3.75. The Bertz CT molecular complexity index is 3120. The van der Waals surface area contributed by atoms with Gasteiger partial charge >= 0.3 is 26.3 Å². The first-order chi connectivity index (χ1) is 30.7. The van der Waals surface area contributed by atoms with E-state index < -0.39 is 38.1 Å². The zero-order valence-electron chi connectivity index (χ0n) is 34.2. The van der Waals surface area contributed by atoms with E-state index in [-0.39, 0.29) is 32.7 Å². The van der Waals surface area contributed by atoms with Gasteiger partial charge in [-0.1, -0.05) is 71.8 Å². The van der Waals surface area contributed by atoms with Crippen molar-refractivity contribution >= 4 is 82.4 Å². The molecule has 0 radical (unpaired) electrons. The first-order valence-electron chi connectivity index (χ1n) is 19.7. The zero-order chi connectivity index (χ0) is 45.0. The van der Waals surface area contributed by atoms with Crippen LogP contribution in [-0.4, -0.2) is 34.7 Å². The molecule has 8 rings (SSSR count). The largest absolute Gasteiger partial charge is 0.379 e. The highest BCUT2D eigenvalue weighted by Gasteiger charge is 2.20. The summed E-state index contributed by atoms with van der Waals surface area (Å²) >= 11 is 0. The molecule has 0 aromatic heterocycles. The smallest absolute Gasteiger partial charge is 0.339 e. The van der Waals surface area contributed by atoms with Crippen LogP contribution in [0, 0.1) is 13.8 Å². The summed E-state index contributed by atoms with van der Waals surface area (Å²) in [4.78, 5) is 39.6. The molecule has 0 saturated heterocycles. The van der Waals surface area contributed by atoms with Crippen molar-refractivity contribution in [3.05, 3.63) is 192 Å². The second-order valence-corrected chi connectivity index (χ2v) is 17.9. The summed E-state index contributed by atoms with van der Waals surface area (Å²) < 4.78 is 62.4. The molecule has 0 aliphatic rings. The second-order valence-electron chi connectivity index (χ2n) is 14.8. The van der Waals surface area contributed by atoms with Gasteiger partial charge in [0.15, 0.2) is 0 Å². The van der Waals surface area contributed by atoms with Gasteiger partial charge in [0.05, 0.1) is 0 Å². The van der Waals surface area contributed by atoms with E-state index in [1.165, 1.54) is 36.4 Å². The lowest BCUT2D eigenvalue weighted by Crippen LogP contribution is -2.19. The van der Waals surface area contributed by atoms with Crippen LogP contribution in [-0.2, 0) is 20.2 Å². The van der Waals surface area contributed by atoms with Crippen molar-refractivity contribution in [3.8, 4) is 11.5 Å². The van der Waals surface area contributed by atoms with Crippen LogP contribution in [0.2, 0.25) is 0 Å². The summed E-state index contributed by atoms with van der Waals surface area (Å²) in [6.07, 6.45) is 0. The monoisotopic (exact) mass is 890 g/mol. The molecular formula is C49H38N4O9S2. The van der Waals surface area contributed by atoms with Gasteiger partial charge in [0.1, 0.15) is 21.3 Å². The number of fused-ring (bicyclic) bond motifs is 2. The molecule has 4 N–H and O–H groups in total. The molecule has 320 valence electrons. The van der Waals surface area contributed by atoms with E-state index in [2.05, 4.69) is 21.3 Å². The minimum Gasteiger partial charge on any atom is -0.379 e. The number of aryl methyl sites for hydroxylation is 2. The first kappa shape index (κ1) is 42.7. The predicted molar refractivity (Wildman–Crippen MR) is 247 cm³/mol. The number of carbonyl (C=O) groups is 3. The summed E-state index contributed by atoms with van der Waals surface area (Å²) in [5, 5.41) is 14.0. The van der Waals surface area contributed by atoms with Crippen LogP contribution in [0.25, 0.3) is 21.5 Å². The number of urea groups is 1. The maximum Gasteiger partial charge on any atom is 0.339 e. The summed E-state index contributed by atoms with van der Waals surface area (Å²) in [7, 11) is -8.35. The Morgan fingerprint density at radius 2 is 0.766 bits per heavy atom. The van der Waals surface area contributed by atoms with E-state index in [4.69, 9.17) is 8.37 Å². The van der Waals surface area contributed by atoms with E-state index >= 15 is 0 Å². The Kier molecular flexibility index (Phi) is 11.8. The van der Waals surface area contributed by atoms with Crippen molar-refractivity contribution < 1.29 is 39.6 Å². The average molecular weight is 891 g/mol. The second kappa shape index (κ2) is 17.8. The van der Waals surface area contributed by atoms with Gasteiger partial charge in [-0.05, 0) is 145 Å². The number of carbonyl (C=O) groups excluding carboxylic acids is 3. The quantitative estimate of drug-likeness (QED) is 0.0866. The van der Waals surface area contributed by atoms with Crippen LogP contribution in [0.15, 0.2) is 180 Å². The van der Waals surface area contributed by atoms with Gasteiger partial charge in [0, 0.05) is 33.9 Å². The van der Waals surface area contributed by atoms with Gasteiger partial charge in [0.2, 0.25) is 0 Å². The molecule has 0 bridgehead atoms. The molecule has 0 heterocycles. The summed E-state index contributed by atoms with van der Waals surface area (Å²) in [5.74, 6) is -0.625. The molecule has 13 nitrogen and oxygen atoms in total. The van der Waals surface area contributed by atoms with E-state index in [0.29, 0.717) is 33.3 Å². The minimum atomic E-state index is -4.17. The summed E-state index contributed by atoms with van der Waals surface area (Å²) in [5.41, 5.74) is 3.90. The fraction of sp³-hybridized carbons (Fsp3) is 0.0408. The maximum absolute atomic E-state index is 13.3. The number of rotatable bonds is 12. The van der Waals surface area contributed by atoms with Gasteiger partial charge in [-0.15, -0.1) is 0 Å². The molecule has 8 aromatic carbocycles. The van der Waals surface area contributed by atoms with Gasteiger partial charge in [-0.25, -0.2) is 4.79 Å². The number of benzene rings is 8. The number of hydrogen-bond acceptors (Lipinski definition) is 9. The Hall–Kier alpha value is -8.01. The molecule has 15 heteroatoms. The van der Waals surface area contributed by atoms with E-state index in [1.807, 2.05) is 13.8 Å². The molecule has 4 amide bonds. The molecule has 0 saturated carbocycles. The molecule has 64 heavy (non-hydrogen) atoms. The van der Waals surface area contributed by atoms with E-state index in [0.717, 1.165) is 21.9 Å². The highest BCUT2D eigenvalue weighted by atomic mass is 32.2. The Balaban J connectivity index is 0.902. The third-order valence-corrected chi connectivity index (χ3v) is 12.4. The van der Waals surface area contributed by atoms with Gasteiger partial charge in [-0.2, -0.15) is 16.8 Å². The van der Waals surface area contributed by atoms with E-state index in [9.17, 15) is 31.2 Å². The lowest BCUT2D eigenvalue weighted by Gasteiger charge is -2.12. The van der Waals surface area contributed by atoms with Crippen LogP contribution < -0.4 is 29.6 Å². The predicted octanol–water partition coefficient (Wildman–Crippen LogP) is 10.3. The van der Waals surface area contributed by atoms with Gasteiger partial charge in [-0.3, -0.25) is 9.59 Å². The standard InChI is InChI=1S/C49H38N4O9S2/c1-31-9-21-43(22-10-31)61-63(57,58)45-7-3-5-39(29-45)50-47(54)35-15-13-33-17-19-41(27-37(33)25-35)52-49(56)53-42-20-18-34-14-16-36(26-38(34)28-42)48(55)51-40-6-4-8-46(30-40)64(59,60)62-44-23-11-32(2)12-24-44/h3-30H,1-2H3,(H,50,54)(H,51,55)(H2,52,53,56). The first-order valence-corrected chi connectivity index (χ1v) is 22.5. The van der Waals surface area contributed by atoms with Gasteiger partial charge in [0.25, 0.3) is 11.8 Å². The molecule has 8 aromatic rings. The van der Waals surface area contributed by atoms with Crippen molar-refractivity contribution in [2.75, 3.05) is 21.3 Å². The molecule has 0 unspecified atom stereocenters. The van der Waals surface area contributed by atoms with Crippen molar-refractivity contribution in [2.45, 2.75) is 23.6 Å². The van der Waals surface area contributed by atoms with Crippen LogP contribution in [0.3, 0.4) is 0 Å². The highest BCUT2D eigenvalue weighted by Crippen LogP contribution is 2.27. The highest BCUT2D eigenvalue weighted by molar-refractivity contribution is 7.87. The molecule has 0 spiro atoms. The van der Waals surface area contributed by atoms with Crippen LogP contribution >= 0.6 is 0 Å². The lowest BCUT2D eigenvalue weighted by atomic mass is 10.1.